The van der Waals surface area contributed by atoms with Crippen LogP contribution in [0.2, 0.25) is 5.02 Å². The highest BCUT2D eigenvalue weighted by Crippen LogP contribution is 2.22. The first-order valence-corrected chi connectivity index (χ1v) is 15.9. The summed E-state index contributed by atoms with van der Waals surface area (Å²) in [6.45, 7) is 1.72. The molecule has 7 nitrogen and oxygen atoms in total. The van der Waals surface area contributed by atoms with E-state index < -0.39 is 28.5 Å². The summed E-state index contributed by atoms with van der Waals surface area (Å²) in [7, 11) is -2.59. The zero-order valence-electron chi connectivity index (χ0n) is 23.6. The number of rotatable bonds is 11. The quantitative estimate of drug-likeness (QED) is 0.323. The van der Waals surface area contributed by atoms with Crippen molar-refractivity contribution in [3.8, 4) is 0 Å². The molecular formula is C32H38ClN3O4S. The van der Waals surface area contributed by atoms with Gasteiger partial charge in [-0.2, -0.15) is 4.31 Å². The van der Waals surface area contributed by atoms with Crippen LogP contribution in [-0.4, -0.2) is 55.1 Å². The smallest absolute Gasteiger partial charge is 0.243 e. The number of amides is 2. The van der Waals surface area contributed by atoms with E-state index in [1.54, 1.807) is 4.90 Å². The third kappa shape index (κ3) is 8.18. The van der Waals surface area contributed by atoms with Crippen LogP contribution in [0.1, 0.15) is 48.8 Å². The summed E-state index contributed by atoms with van der Waals surface area (Å²) in [5.74, 6) is -0.668. The minimum Gasteiger partial charge on any atom is -0.352 e. The Labute approximate surface area is 248 Å². The van der Waals surface area contributed by atoms with E-state index in [0.717, 1.165) is 53.1 Å². The fourth-order valence-corrected chi connectivity index (χ4v) is 6.47. The van der Waals surface area contributed by atoms with Crippen LogP contribution in [0.3, 0.4) is 0 Å². The second-order valence-electron chi connectivity index (χ2n) is 10.7. The third-order valence-electron chi connectivity index (χ3n) is 7.70. The number of sulfonamides is 1. The predicted octanol–water partition coefficient (Wildman–Crippen LogP) is 5.36. The van der Waals surface area contributed by atoms with Gasteiger partial charge in [-0.25, -0.2) is 8.42 Å². The van der Waals surface area contributed by atoms with E-state index in [2.05, 4.69) is 5.32 Å². The van der Waals surface area contributed by atoms with Crippen LogP contribution in [0.25, 0.3) is 0 Å². The number of likely N-dealkylation sites (N-methyl/N-ethyl adjacent to an activating group) is 1. The van der Waals surface area contributed by atoms with Gasteiger partial charge in [-0.15, -0.1) is 0 Å². The average molecular weight is 596 g/mol. The van der Waals surface area contributed by atoms with Gasteiger partial charge in [-0.3, -0.25) is 9.59 Å². The molecule has 1 aliphatic carbocycles. The van der Waals surface area contributed by atoms with Gasteiger partial charge in [0.2, 0.25) is 21.8 Å². The molecule has 4 rings (SSSR count). The minimum absolute atomic E-state index is 0.0403. The zero-order valence-corrected chi connectivity index (χ0v) is 25.2. The number of aryl methyl sites for hydroxylation is 1. The van der Waals surface area contributed by atoms with E-state index in [4.69, 9.17) is 11.6 Å². The van der Waals surface area contributed by atoms with Crippen LogP contribution in [-0.2, 0) is 32.6 Å². The number of benzene rings is 3. The highest BCUT2D eigenvalue weighted by Gasteiger charge is 2.34. The maximum atomic E-state index is 14.0. The Balaban J connectivity index is 1.66. The molecule has 41 heavy (non-hydrogen) atoms. The number of nitrogens with one attached hydrogen (secondary N) is 1. The average Bonchev–Trinajstić information content (AvgIpc) is 2.97. The molecule has 1 N–H and O–H groups in total. The standard InChI is InChI=1S/C32H38ClN3O4S/c1-24-11-9-10-14-26(24)22-36(31(37)23-35(2)41(39,40)29-19-17-27(33)18-20-29)30(21-25-12-5-3-6-13-25)32(38)34-28-15-7-4-8-16-28/h3,5-6,9-14,17-20,28,30H,4,7-8,15-16,21-23H2,1-2H3,(H,34,38)/t30-/m0/s1. The summed E-state index contributed by atoms with van der Waals surface area (Å²) in [4.78, 5) is 29.6. The number of hydrogen-bond donors (Lipinski definition) is 1. The lowest BCUT2D eigenvalue weighted by Crippen LogP contribution is -2.54. The SMILES string of the molecule is Cc1ccccc1CN(C(=O)CN(C)S(=O)(=O)c1ccc(Cl)cc1)[C@@H](Cc1ccccc1)C(=O)NC1CCCCC1. The summed E-state index contributed by atoms with van der Waals surface area (Å²) in [5.41, 5.74) is 2.80. The monoisotopic (exact) mass is 595 g/mol. The fraction of sp³-hybridized carbons (Fsp3) is 0.375. The molecule has 9 heteroatoms. The molecule has 1 atom stereocenters. The molecule has 0 radical (unpaired) electrons. The van der Waals surface area contributed by atoms with Gasteiger partial charge < -0.3 is 10.2 Å². The number of carbonyl (C=O) groups excluding carboxylic acids is 2. The molecule has 0 spiro atoms. The van der Waals surface area contributed by atoms with Gasteiger partial charge in [0.1, 0.15) is 6.04 Å². The van der Waals surface area contributed by atoms with Gasteiger partial charge in [0, 0.05) is 31.1 Å². The summed E-state index contributed by atoms with van der Waals surface area (Å²) in [5, 5.41) is 3.63. The van der Waals surface area contributed by atoms with Crippen LogP contribution in [0.5, 0.6) is 0 Å². The molecule has 0 saturated heterocycles. The molecule has 0 aromatic heterocycles. The molecule has 3 aromatic carbocycles. The summed E-state index contributed by atoms with van der Waals surface area (Å²) in [6, 6.07) is 22.4. The first-order chi connectivity index (χ1) is 19.6. The molecular weight excluding hydrogens is 558 g/mol. The van der Waals surface area contributed by atoms with Gasteiger partial charge in [0.25, 0.3) is 0 Å². The van der Waals surface area contributed by atoms with E-state index in [0.29, 0.717) is 11.4 Å². The van der Waals surface area contributed by atoms with Crippen molar-refractivity contribution in [1.29, 1.82) is 0 Å². The van der Waals surface area contributed by atoms with Gasteiger partial charge in [-0.1, -0.05) is 85.5 Å². The highest BCUT2D eigenvalue weighted by molar-refractivity contribution is 7.89. The van der Waals surface area contributed by atoms with E-state index in [9.17, 15) is 18.0 Å². The maximum Gasteiger partial charge on any atom is 0.243 e. The Morgan fingerprint density at radius 2 is 1.56 bits per heavy atom. The van der Waals surface area contributed by atoms with E-state index in [1.807, 2.05) is 61.5 Å². The second-order valence-corrected chi connectivity index (χ2v) is 13.2. The first kappa shape index (κ1) is 30.8. The van der Waals surface area contributed by atoms with Crippen LogP contribution in [0, 0.1) is 6.92 Å². The van der Waals surface area contributed by atoms with E-state index in [1.165, 1.54) is 31.3 Å². The third-order valence-corrected chi connectivity index (χ3v) is 9.77. The normalized spacial score (nSPS) is 14.9. The minimum atomic E-state index is -3.97. The molecule has 218 valence electrons. The van der Waals surface area contributed by atoms with Gasteiger partial charge >= 0.3 is 0 Å². The Bertz CT molecular complexity index is 1420. The molecule has 0 aliphatic heterocycles. The molecule has 0 bridgehead atoms. The van der Waals surface area contributed by atoms with Crippen LogP contribution in [0.4, 0.5) is 0 Å². The number of hydrogen-bond acceptors (Lipinski definition) is 4. The van der Waals surface area contributed by atoms with Crippen molar-refractivity contribution >= 4 is 33.4 Å². The summed E-state index contributed by atoms with van der Waals surface area (Å²) < 4.78 is 27.6. The first-order valence-electron chi connectivity index (χ1n) is 14.1. The fourth-order valence-electron chi connectivity index (χ4n) is 5.22. The van der Waals surface area contributed by atoms with E-state index in [-0.39, 0.29) is 23.4 Å². The lowest BCUT2D eigenvalue weighted by molar-refractivity contribution is -0.141. The van der Waals surface area contributed by atoms with Crippen molar-refractivity contribution in [2.24, 2.45) is 0 Å². The van der Waals surface area contributed by atoms with Crippen LogP contribution < -0.4 is 5.32 Å². The summed E-state index contributed by atoms with van der Waals surface area (Å²) in [6.07, 6.45) is 5.42. The largest absolute Gasteiger partial charge is 0.352 e. The lowest BCUT2D eigenvalue weighted by atomic mass is 9.94. The highest BCUT2D eigenvalue weighted by atomic mass is 35.5. The number of nitrogens with zero attached hydrogens (tertiary/aromatic N) is 2. The Morgan fingerprint density at radius 3 is 2.22 bits per heavy atom. The zero-order chi connectivity index (χ0) is 29.4. The molecule has 1 fully saturated rings. The topological polar surface area (TPSA) is 86.8 Å². The maximum absolute atomic E-state index is 14.0. The Kier molecular flexibility index (Phi) is 10.6. The van der Waals surface area contributed by atoms with Gasteiger partial charge in [0.05, 0.1) is 11.4 Å². The summed E-state index contributed by atoms with van der Waals surface area (Å²) >= 11 is 5.95. The molecule has 2 amide bonds. The van der Waals surface area contributed by atoms with Crippen molar-refractivity contribution in [2.45, 2.75) is 69.0 Å². The molecule has 1 aliphatic rings. The molecule has 0 unspecified atom stereocenters. The second kappa shape index (κ2) is 14.1. The lowest BCUT2D eigenvalue weighted by Gasteiger charge is -2.34. The number of carbonyl (C=O) groups is 2. The van der Waals surface area contributed by atoms with Crippen molar-refractivity contribution in [1.82, 2.24) is 14.5 Å². The molecule has 0 heterocycles. The van der Waals surface area contributed by atoms with E-state index >= 15 is 0 Å². The van der Waals surface area contributed by atoms with Crippen molar-refractivity contribution < 1.29 is 18.0 Å². The van der Waals surface area contributed by atoms with Crippen molar-refractivity contribution in [3.63, 3.8) is 0 Å². The molecule has 1 saturated carbocycles. The molecule has 3 aromatic rings. The van der Waals surface area contributed by atoms with Crippen molar-refractivity contribution in [2.75, 3.05) is 13.6 Å². The van der Waals surface area contributed by atoms with Gasteiger partial charge in [-0.05, 0) is 60.7 Å². The Hall–Kier alpha value is -3.20. The van der Waals surface area contributed by atoms with Crippen LogP contribution >= 0.6 is 11.6 Å². The Morgan fingerprint density at radius 1 is 0.927 bits per heavy atom. The van der Waals surface area contributed by atoms with Crippen LogP contribution in [0.15, 0.2) is 83.8 Å². The number of halogens is 1. The van der Waals surface area contributed by atoms with Crippen molar-refractivity contribution in [3.05, 3.63) is 101 Å². The van der Waals surface area contributed by atoms with Gasteiger partial charge in [0.15, 0.2) is 0 Å². The predicted molar refractivity (Wildman–Crippen MR) is 162 cm³/mol.